The van der Waals surface area contributed by atoms with Crippen molar-refractivity contribution in [3.8, 4) is 0 Å². The molecule has 0 aromatic heterocycles. The lowest BCUT2D eigenvalue weighted by Gasteiger charge is -1.99. The first-order valence-electron chi connectivity index (χ1n) is 5.32. The highest BCUT2D eigenvalue weighted by atomic mass is 79.9. The van der Waals surface area contributed by atoms with E-state index in [9.17, 15) is 0 Å². The number of halogens is 2. The van der Waals surface area contributed by atoms with Crippen molar-refractivity contribution in [2.75, 3.05) is 0 Å². The first kappa shape index (κ1) is 13.1. The van der Waals surface area contributed by atoms with Crippen molar-refractivity contribution in [2.24, 2.45) is 5.16 Å². The second-order valence-corrected chi connectivity index (χ2v) is 4.96. The maximum Gasteiger partial charge on any atom is 0.142 e. The normalized spacial score (nSPS) is 10.8. The second kappa shape index (κ2) is 6.57. The molecule has 0 aliphatic carbocycles. The molecule has 4 heteroatoms. The Morgan fingerprint density at radius 2 is 1.72 bits per heavy atom. The molecule has 2 aromatic carbocycles. The quantitative estimate of drug-likeness (QED) is 0.598. The minimum atomic E-state index is 0.403. The van der Waals surface area contributed by atoms with Gasteiger partial charge in [-0.15, -0.1) is 0 Å². The van der Waals surface area contributed by atoms with Crippen molar-refractivity contribution < 1.29 is 4.84 Å². The Hall–Kier alpha value is -1.32. The van der Waals surface area contributed by atoms with Gasteiger partial charge >= 0.3 is 0 Å². The highest BCUT2D eigenvalue weighted by Gasteiger charge is 1.93. The number of nitrogens with zero attached hydrogens (tertiary/aromatic N) is 1. The van der Waals surface area contributed by atoms with E-state index in [-0.39, 0.29) is 0 Å². The zero-order valence-corrected chi connectivity index (χ0v) is 11.8. The largest absolute Gasteiger partial charge is 0.390 e. The Balaban J connectivity index is 1.84. The molecule has 0 heterocycles. The molecule has 0 aliphatic heterocycles. The summed E-state index contributed by atoms with van der Waals surface area (Å²) in [7, 11) is 0. The molecule has 0 amide bonds. The van der Waals surface area contributed by atoms with Crippen LogP contribution in [0.4, 0.5) is 0 Å². The third-order valence-corrected chi connectivity index (χ3v) is 3.01. The van der Waals surface area contributed by atoms with Crippen LogP contribution in [0.2, 0.25) is 5.02 Å². The molecule has 91 valence electrons. The molecule has 0 saturated heterocycles. The molecule has 2 nitrogen and oxygen atoms in total. The van der Waals surface area contributed by atoms with E-state index in [1.165, 1.54) is 0 Å². The van der Waals surface area contributed by atoms with Crippen molar-refractivity contribution in [3.05, 3.63) is 69.2 Å². The van der Waals surface area contributed by atoms with Crippen molar-refractivity contribution in [1.29, 1.82) is 0 Å². The molecule has 0 bridgehead atoms. The number of hydrogen-bond acceptors (Lipinski definition) is 2. The summed E-state index contributed by atoms with van der Waals surface area (Å²) in [6.07, 6.45) is 2.81. The van der Waals surface area contributed by atoms with Crippen LogP contribution in [0.1, 0.15) is 11.1 Å². The summed E-state index contributed by atoms with van der Waals surface area (Å²) in [5.41, 5.74) is 1.88. The monoisotopic (exact) mass is 322 g/mol. The smallest absolute Gasteiger partial charge is 0.142 e. The van der Waals surface area contributed by atoms with E-state index < -0.39 is 0 Å². The zero-order valence-electron chi connectivity index (χ0n) is 9.44. The third-order valence-electron chi connectivity index (χ3n) is 2.23. The molecule has 0 saturated carbocycles. The Kier molecular flexibility index (Phi) is 4.79. The van der Waals surface area contributed by atoms with Gasteiger partial charge in [-0.1, -0.05) is 57.0 Å². The van der Waals surface area contributed by atoms with Crippen LogP contribution in [0.25, 0.3) is 0 Å². The molecule has 0 atom stereocenters. The van der Waals surface area contributed by atoms with Gasteiger partial charge in [-0.3, -0.25) is 0 Å². The lowest BCUT2D eigenvalue weighted by atomic mass is 10.2. The molecule has 0 N–H and O–H groups in total. The molecule has 2 rings (SSSR count). The highest BCUT2D eigenvalue weighted by molar-refractivity contribution is 9.10. The van der Waals surface area contributed by atoms with Gasteiger partial charge in [-0.2, -0.15) is 0 Å². The van der Waals surface area contributed by atoms with Gasteiger partial charge in [-0.25, -0.2) is 0 Å². The van der Waals surface area contributed by atoms with Crippen LogP contribution in [-0.4, -0.2) is 6.21 Å². The average Bonchev–Trinajstić information content (AvgIpc) is 2.39. The SMILES string of the molecule is Clc1ccc(CO/N=[C]\c2ccc(Br)cc2)cc1. The summed E-state index contributed by atoms with van der Waals surface area (Å²) in [5.74, 6) is 0. The van der Waals surface area contributed by atoms with E-state index in [0.29, 0.717) is 11.6 Å². The summed E-state index contributed by atoms with van der Waals surface area (Å²) in [6, 6.07) is 15.1. The van der Waals surface area contributed by atoms with E-state index in [2.05, 4.69) is 27.3 Å². The van der Waals surface area contributed by atoms with Gasteiger partial charge in [0.2, 0.25) is 0 Å². The maximum atomic E-state index is 5.79. The van der Waals surface area contributed by atoms with Crippen molar-refractivity contribution >= 4 is 33.7 Å². The average molecular weight is 324 g/mol. The predicted molar refractivity (Wildman–Crippen MR) is 76.9 cm³/mol. The molecule has 1 radical (unpaired) electrons. The maximum absolute atomic E-state index is 5.79. The lowest BCUT2D eigenvalue weighted by Crippen LogP contribution is -1.87. The van der Waals surface area contributed by atoms with E-state index in [0.717, 1.165) is 15.6 Å². The van der Waals surface area contributed by atoms with Gasteiger partial charge in [0.05, 0.1) is 0 Å². The summed E-state index contributed by atoms with van der Waals surface area (Å²) in [5, 5.41) is 4.50. The van der Waals surface area contributed by atoms with Gasteiger partial charge < -0.3 is 4.84 Å². The van der Waals surface area contributed by atoms with Gasteiger partial charge in [0.15, 0.2) is 0 Å². The van der Waals surface area contributed by atoms with Crippen LogP contribution in [0.3, 0.4) is 0 Å². The molecule has 18 heavy (non-hydrogen) atoms. The lowest BCUT2D eigenvalue weighted by molar-refractivity contribution is 0.132. The first-order valence-corrected chi connectivity index (χ1v) is 6.49. The van der Waals surface area contributed by atoms with Crippen LogP contribution in [-0.2, 0) is 11.4 Å². The van der Waals surface area contributed by atoms with Crippen LogP contribution >= 0.6 is 27.5 Å². The molecule has 0 unspecified atom stereocenters. The van der Waals surface area contributed by atoms with Gasteiger partial charge in [-0.05, 0) is 29.8 Å². The summed E-state index contributed by atoms with van der Waals surface area (Å²) in [6.45, 7) is 0.403. The third kappa shape index (κ3) is 4.17. The highest BCUT2D eigenvalue weighted by Crippen LogP contribution is 2.11. The van der Waals surface area contributed by atoms with E-state index in [1.54, 1.807) is 0 Å². The molecule has 0 fully saturated rings. The van der Waals surface area contributed by atoms with Crippen LogP contribution in [0.5, 0.6) is 0 Å². The number of rotatable bonds is 4. The van der Waals surface area contributed by atoms with Gasteiger partial charge in [0.1, 0.15) is 12.8 Å². The summed E-state index contributed by atoms with van der Waals surface area (Å²) in [4.78, 5) is 5.15. The fraction of sp³-hybridized carbons (Fsp3) is 0.0714. The molecule has 2 aromatic rings. The fourth-order valence-corrected chi connectivity index (χ4v) is 1.69. The van der Waals surface area contributed by atoms with Gasteiger partial charge in [0.25, 0.3) is 0 Å². The minimum absolute atomic E-state index is 0.403. The summed E-state index contributed by atoms with van der Waals surface area (Å²) >= 11 is 9.15. The van der Waals surface area contributed by atoms with Crippen LogP contribution < -0.4 is 0 Å². The van der Waals surface area contributed by atoms with Gasteiger partial charge in [0, 0.05) is 15.1 Å². The zero-order chi connectivity index (χ0) is 12.8. The second-order valence-electron chi connectivity index (χ2n) is 3.61. The Bertz CT molecular complexity index is 522. The Morgan fingerprint density at radius 3 is 2.39 bits per heavy atom. The Labute approximate surface area is 119 Å². The summed E-state index contributed by atoms with van der Waals surface area (Å²) < 4.78 is 1.02. The fourth-order valence-electron chi connectivity index (χ4n) is 1.30. The molecular formula is C14H10BrClNO. The molecular weight excluding hydrogens is 314 g/mol. The van der Waals surface area contributed by atoms with Crippen molar-refractivity contribution in [3.63, 3.8) is 0 Å². The van der Waals surface area contributed by atoms with Crippen LogP contribution in [0, 0.1) is 0 Å². The predicted octanol–water partition coefficient (Wildman–Crippen LogP) is 4.53. The molecule has 0 aliphatic rings. The topological polar surface area (TPSA) is 21.6 Å². The molecule has 0 spiro atoms. The number of hydrogen-bond donors (Lipinski definition) is 0. The number of benzene rings is 2. The Morgan fingerprint density at radius 1 is 1.06 bits per heavy atom. The van der Waals surface area contributed by atoms with E-state index in [1.807, 2.05) is 48.5 Å². The van der Waals surface area contributed by atoms with Crippen molar-refractivity contribution in [1.82, 2.24) is 0 Å². The first-order chi connectivity index (χ1) is 8.74. The van der Waals surface area contributed by atoms with E-state index in [4.69, 9.17) is 16.4 Å². The van der Waals surface area contributed by atoms with Crippen LogP contribution in [0.15, 0.2) is 58.2 Å². The minimum Gasteiger partial charge on any atom is -0.390 e. The van der Waals surface area contributed by atoms with E-state index >= 15 is 0 Å². The standard InChI is InChI=1S/C14H10BrClNO/c15-13-5-1-11(2-6-13)9-17-18-10-12-3-7-14(16)8-4-12/h1-8H,10H2. The van der Waals surface area contributed by atoms with Crippen molar-refractivity contribution in [2.45, 2.75) is 6.61 Å².